The van der Waals surface area contributed by atoms with Crippen molar-refractivity contribution in [3.05, 3.63) is 95.4 Å². The summed E-state index contributed by atoms with van der Waals surface area (Å²) in [4.78, 5) is 8.20. The lowest BCUT2D eigenvalue weighted by Crippen LogP contribution is -2.22. The first-order chi connectivity index (χ1) is 15.1. The van der Waals surface area contributed by atoms with Gasteiger partial charge < -0.3 is 9.47 Å². The highest BCUT2D eigenvalue weighted by atomic mass is 32.2. The number of benzene rings is 2. The molecule has 4 rings (SSSR count). The van der Waals surface area contributed by atoms with Crippen LogP contribution in [0.15, 0.2) is 88.3 Å². The Bertz CT molecular complexity index is 1380. The molecule has 3 aromatic rings. The average Bonchev–Trinajstić information content (AvgIpc) is 3.16. The van der Waals surface area contributed by atoms with Crippen molar-refractivity contribution in [2.45, 2.75) is 16.7 Å². The molecule has 1 aliphatic heterocycles. The predicted octanol–water partition coefficient (Wildman–Crippen LogP) is 5.16. The molecule has 2 heterocycles. The van der Waals surface area contributed by atoms with Crippen molar-refractivity contribution in [3.63, 3.8) is 0 Å². The first-order valence-corrected chi connectivity index (χ1v) is 12.1. The number of imidazole rings is 1. The molecule has 0 amide bonds. The Hall–Kier alpha value is -3.07. The average molecular weight is 466 g/mol. The van der Waals surface area contributed by atoms with E-state index in [0.29, 0.717) is 0 Å². The number of allylic oxidation sites excluding steroid dienone is 3. The quantitative estimate of drug-likeness (QED) is 0.415. The molecule has 1 aliphatic rings. The van der Waals surface area contributed by atoms with E-state index in [2.05, 4.69) is 34.7 Å². The Morgan fingerprint density at radius 2 is 1.94 bits per heavy atom. The van der Waals surface area contributed by atoms with Crippen molar-refractivity contribution in [2.24, 2.45) is 7.05 Å². The number of anilines is 1. The summed E-state index contributed by atoms with van der Waals surface area (Å²) in [6, 6.07) is 12.7. The third-order valence-electron chi connectivity index (χ3n) is 5.28. The summed E-state index contributed by atoms with van der Waals surface area (Å²) in [6.07, 6.45) is 7.82. The number of fused-ring (bicyclic) bond motifs is 1. The van der Waals surface area contributed by atoms with Crippen molar-refractivity contribution < 1.29 is 13.0 Å². The minimum Gasteiger partial charge on any atom is -0.341 e. The molecule has 0 radical (unpaired) electrons. The molecule has 0 unspecified atom stereocenters. The number of aromatic nitrogens is 2. The Morgan fingerprint density at radius 1 is 1.19 bits per heavy atom. The van der Waals surface area contributed by atoms with Gasteiger partial charge in [-0.3, -0.25) is 4.55 Å². The lowest BCUT2D eigenvalue weighted by atomic mass is 9.97. The van der Waals surface area contributed by atoms with E-state index in [9.17, 15) is 13.0 Å². The molecule has 0 aliphatic carbocycles. The minimum atomic E-state index is -4.23. The van der Waals surface area contributed by atoms with Crippen LogP contribution in [0.4, 0.5) is 5.69 Å². The van der Waals surface area contributed by atoms with Crippen molar-refractivity contribution >= 4 is 38.8 Å². The van der Waals surface area contributed by atoms with Crippen LogP contribution in [0.5, 0.6) is 0 Å². The third-order valence-corrected chi connectivity index (χ3v) is 7.19. The predicted molar refractivity (Wildman–Crippen MR) is 130 cm³/mol. The smallest absolute Gasteiger partial charge is 0.294 e. The number of nitrogens with zero attached hydrogens (tertiary/aromatic N) is 3. The van der Waals surface area contributed by atoms with Gasteiger partial charge in [-0.1, -0.05) is 36.5 Å². The van der Waals surface area contributed by atoms with E-state index in [1.807, 2.05) is 43.1 Å². The van der Waals surface area contributed by atoms with Crippen molar-refractivity contribution in [1.29, 1.82) is 0 Å². The summed E-state index contributed by atoms with van der Waals surface area (Å²) >= 11 is 1.45. The summed E-state index contributed by atoms with van der Waals surface area (Å²) in [6.45, 7) is 6.02. The van der Waals surface area contributed by atoms with Crippen LogP contribution in [0.1, 0.15) is 17.0 Å². The number of aryl methyl sites for hydroxylation is 2. The van der Waals surface area contributed by atoms with Crippen LogP contribution in [0.2, 0.25) is 0 Å². The molecule has 6 nitrogen and oxygen atoms in total. The second-order valence-corrected chi connectivity index (χ2v) is 10.1. The van der Waals surface area contributed by atoms with Gasteiger partial charge >= 0.3 is 0 Å². The number of thioether (sulfide) groups is 1. The van der Waals surface area contributed by atoms with Gasteiger partial charge in [-0.25, -0.2) is 4.98 Å². The fraction of sp³-hybridized carbons (Fsp3) is 0.125. The molecule has 0 bridgehead atoms. The first kappa shape index (κ1) is 22.1. The summed E-state index contributed by atoms with van der Waals surface area (Å²) in [7, 11) is -0.233. The van der Waals surface area contributed by atoms with E-state index in [0.717, 1.165) is 43.7 Å². The highest BCUT2D eigenvalue weighted by Gasteiger charge is 2.23. The van der Waals surface area contributed by atoms with Gasteiger partial charge in [0, 0.05) is 47.5 Å². The molecule has 1 aromatic heterocycles. The van der Waals surface area contributed by atoms with Crippen molar-refractivity contribution in [1.82, 2.24) is 9.55 Å². The second kappa shape index (κ2) is 8.46. The van der Waals surface area contributed by atoms with E-state index in [4.69, 9.17) is 0 Å². The molecule has 164 valence electrons. The van der Waals surface area contributed by atoms with Crippen molar-refractivity contribution in [3.8, 4) is 0 Å². The largest absolute Gasteiger partial charge is 0.341 e. The van der Waals surface area contributed by atoms with Gasteiger partial charge in [-0.15, -0.1) is 0 Å². The van der Waals surface area contributed by atoms with Gasteiger partial charge in [0.15, 0.2) is 5.82 Å². The van der Waals surface area contributed by atoms with Crippen LogP contribution in [0.25, 0.3) is 11.3 Å². The molecule has 0 atom stereocenters. The molecular weight excluding hydrogens is 442 g/mol. The lowest BCUT2D eigenvalue weighted by Gasteiger charge is -2.30. The Kier molecular flexibility index (Phi) is 5.85. The molecule has 8 heteroatoms. The molecular formula is C24H23N3O3S2. The zero-order valence-corrected chi connectivity index (χ0v) is 19.6. The SMILES string of the molecule is C=C(/C=C1\C=C(c2nccn2C)N(C)c2ccccc21)Sc1ccc(S(=O)(=O)O)cc1C. The molecule has 0 spiro atoms. The fourth-order valence-corrected chi connectivity index (χ4v) is 5.04. The van der Waals surface area contributed by atoms with Gasteiger partial charge in [0.25, 0.3) is 10.1 Å². The van der Waals surface area contributed by atoms with Crippen LogP contribution < -0.4 is 4.90 Å². The summed E-state index contributed by atoms with van der Waals surface area (Å²) < 4.78 is 34.0. The monoisotopic (exact) mass is 465 g/mol. The fourth-order valence-electron chi connectivity index (χ4n) is 3.65. The van der Waals surface area contributed by atoms with Gasteiger partial charge in [-0.2, -0.15) is 8.42 Å². The maximum Gasteiger partial charge on any atom is 0.294 e. The molecule has 32 heavy (non-hydrogen) atoms. The summed E-state index contributed by atoms with van der Waals surface area (Å²) in [5, 5.41) is 0. The van der Waals surface area contributed by atoms with E-state index in [1.54, 1.807) is 19.2 Å². The van der Waals surface area contributed by atoms with Crippen LogP contribution in [0.3, 0.4) is 0 Å². The molecule has 1 N–H and O–H groups in total. The molecule has 0 saturated heterocycles. The van der Waals surface area contributed by atoms with E-state index in [-0.39, 0.29) is 4.90 Å². The minimum absolute atomic E-state index is 0.116. The highest BCUT2D eigenvalue weighted by molar-refractivity contribution is 8.03. The highest BCUT2D eigenvalue weighted by Crippen LogP contribution is 2.40. The standard InChI is InChI=1S/C24H23N3O3S2/c1-16-13-19(32(28,29)30)9-10-23(16)31-17(2)14-18-15-22(24-25-11-12-26(24)3)27(4)21-8-6-5-7-20(18)21/h5-15H,2H2,1,3-4H3,(H,28,29,30)/b18-14+. The summed E-state index contributed by atoms with van der Waals surface area (Å²) in [5.41, 5.74) is 4.91. The van der Waals surface area contributed by atoms with E-state index >= 15 is 0 Å². The Balaban J connectivity index is 1.71. The Labute approximate surface area is 192 Å². The molecule has 0 saturated carbocycles. The topological polar surface area (TPSA) is 75.4 Å². The van der Waals surface area contributed by atoms with Gasteiger partial charge in [-0.05, 0) is 54.5 Å². The van der Waals surface area contributed by atoms with Gasteiger partial charge in [0.05, 0.1) is 10.6 Å². The summed E-state index contributed by atoms with van der Waals surface area (Å²) in [5.74, 6) is 0.864. The zero-order chi connectivity index (χ0) is 23.0. The van der Waals surface area contributed by atoms with Crippen molar-refractivity contribution in [2.75, 3.05) is 11.9 Å². The zero-order valence-electron chi connectivity index (χ0n) is 18.0. The maximum atomic E-state index is 11.4. The van der Waals surface area contributed by atoms with Gasteiger partial charge in [0.1, 0.15) is 0 Å². The normalized spacial score (nSPS) is 14.9. The number of rotatable bonds is 5. The van der Waals surface area contributed by atoms with Crippen LogP contribution in [0, 0.1) is 6.92 Å². The van der Waals surface area contributed by atoms with Crippen LogP contribution in [-0.4, -0.2) is 29.6 Å². The second-order valence-electron chi connectivity index (χ2n) is 7.54. The van der Waals surface area contributed by atoms with Crippen LogP contribution in [-0.2, 0) is 17.2 Å². The molecule has 0 fully saturated rings. The number of hydrogen-bond acceptors (Lipinski definition) is 5. The number of para-hydroxylation sites is 1. The van der Waals surface area contributed by atoms with E-state index < -0.39 is 10.1 Å². The van der Waals surface area contributed by atoms with E-state index in [1.165, 1.54) is 23.9 Å². The number of hydrogen-bond donors (Lipinski definition) is 1. The van der Waals surface area contributed by atoms with Gasteiger partial charge in [0.2, 0.25) is 0 Å². The first-order valence-electron chi connectivity index (χ1n) is 9.84. The molecule has 2 aromatic carbocycles. The van der Waals surface area contributed by atoms with Crippen LogP contribution >= 0.6 is 11.8 Å². The third kappa shape index (κ3) is 4.29. The maximum absolute atomic E-state index is 11.4. The Morgan fingerprint density at radius 3 is 2.59 bits per heavy atom. The lowest BCUT2D eigenvalue weighted by molar-refractivity contribution is 0.483.